The number of aliphatic hydroxyl groups is 1. The number of hydrogen-bond acceptors (Lipinski definition) is 4. The van der Waals surface area contributed by atoms with Crippen molar-refractivity contribution in [3.8, 4) is 0 Å². The molecule has 104 valence electrons. The van der Waals surface area contributed by atoms with Crippen LogP contribution in [0.25, 0.3) is 6.08 Å². The molecule has 2 aromatic rings. The monoisotopic (exact) mass is 280 g/mol. The third-order valence-corrected chi connectivity index (χ3v) is 3.29. The van der Waals surface area contributed by atoms with Crippen LogP contribution in [-0.4, -0.2) is 21.8 Å². The molecular weight excluding hydrogens is 268 g/mol. The molecule has 0 bridgehead atoms. The van der Waals surface area contributed by atoms with E-state index in [0.717, 1.165) is 11.1 Å². The molecule has 0 heterocycles. The summed E-state index contributed by atoms with van der Waals surface area (Å²) < 4.78 is 0. The average molecular weight is 280 g/mol. The fourth-order valence-electron chi connectivity index (χ4n) is 2.24. The van der Waals surface area contributed by atoms with E-state index in [9.17, 15) is 15.2 Å². The maximum Gasteiger partial charge on any atom is 0.269 e. The molecule has 0 radical (unpaired) electrons. The SMILES string of the molecule is O=[N+]([O-])c1ccc(N=C2c3ccccc3C=CC2O)cc1. The molecule has 0 saturated heterocycles. The number of fused-ring (bicyclic) bond motifs is 1. The van der Waals surface area contributed by atoms with Gasteiger partial charge in [-0.05, 0) is 23.8 Å². The molecule has 5 nitrogen and oxygen atoms in total. The Hall–Kier alpha value is -2.79. The van der Waals surface area contributed by atoms with E-state index in [-0.39, 0.29) is 5.69 Å². The minimum Gasteiger partial charge on any atom is -0.383 e. The average Bonchev–Trinajstić information content (AvgIpc) is 2.51. The summed E-state index contributed by atoms with van der Waals surface area (Å²) in [6.07, 6.45) is 2.75. The molecule has 1 aliphatic rings. The van der Waals surface area contributed by atoms with Crippen molar-refractivity contribution >= 4 is 23.2 Å². The number of aliphatic imine (C=N–C) groups is 1. The highest BCUT2D eigenvalue weighted by Gasteiger charge is 2.19. The lowest BCUT2D eigenvalue weighted by atomic mass is 9.93. The molecule has 1 atom stereocenters. The fourth-order valence-corrected chi connectivity index (χ4v) is 2.24. The summed E-state index contributed by atoms with van der Waals surface area (Å²) in [5, 5.41) is 20.7. The Morgan fingerprint density at radius 2 is 1.81 bits per heavy atom. The van der Waals surface area contributed by atoms with E-state index in [1.807, 2.05) is 30.3 Å². The summed E-state index contributed by atoms with van der Waals surface area (Å²) in [6.45, 7) is 0. The lowest BCUT2D eigenvalue weighted by Crippen LogP contribution is -2.22. The van der Waals surface area contributed by atoms with Crippen molar-refractivity contribution in [1.82, 2.24) is 0 Å². The van der Waals surface area contributed by atoms with Gasteiger partial charge in [-0.1, -0.05) is 30.3 Å². The molecule has 0 aromatic heterocycles. The van der Waals surface area contributed by atoms with Gasteiger partial charge < -0.3 is 5.11 Å². The highest BCUT2D eigenvalue weighted by Crippen LogP contribution is 2.24. The van der Waals surface area contributed by atoms with Crippen LogP contribution in [0.5, 0.6) is 0 Å². The summed E-state index contributed by atoms with van der Waals surface area (Å²) in [4.78, 5) is 14.6. The second-order valence-electron chi connectivity index (χ2n) is 4.66. The van der Waals surface area contributed by atoms with Gasteiger partial charge in [0.15, 0.2) is 0 Å². The molecule has 3 rings (SSSR count). The van der Waals surface area contributed by atoms with E-state index in [1.165, 1.54) is 12.1 Å². The van der Waals surface area contributed by atoms with Gasteiger partial charge in [0.05, 0.1) is 16.3 Å². The van der Waals surface area contributed by atoms with E-state index >= 15 is 0 Å². The number of nitrogens with zero attached hydrogens (tertiary/aromatic N) is 2. The quantitative estimate of drug-likeness (QED) is 0.678. The molecule has 2 aromatic carbocycles. The number of nitro benzene ring substituents is 1. The fraction of sp³-hybridized carbons (Fsp3) is 0.0625. The normalized spacial score (nSPS) is 18.5. The Morgan fingerprint density at radius 3 is 2.52 bits per heavy atom. The van der Waals surface area contributed by atoms with Crippen LogP contribution >= 0.6 is 0 Å². The van der Waals surface area contributed by atoms with Gasteiger partial charge in [-0.25, -0.2) is 4.99 Å². The molecule has 21 heavy (non-hydrogen) atoms. The number of hydrogen-bond donors (Lipinski definition) is 1. The van der Waals surface area contributed by atoms with Crippen LogP contribution in [0.15, 0.2) is 59.6 Å². The number of nitro groups is 1. The Morgan fingerprint density at radius 1 is 1.10 bits per heavy atom. The van der Waals surface area contributed by atoms with Gasteiger partial charge in [0.25, 0.3) is 5.69 Å². The van der Waals surface area contributed by atoms with E-state index in [4.69, 9.17) is 0 Å². The van der Waals surface area contributed by atoms with Crippen LogP contribution in [0.3, 0.4) is 0 Å². The van der Waals surface area contributed by atoms with Crippen LogP contribution in [0.2, 0.25) is 0 Å². The maximum absolute atomic E-state index is 10.6. The standard InChI is InChI=1S/C16H12N2O3/c19-15-10-5-11-3-1-2-4-14(11)16(15)17-12-6-8-13(9-7-12)18(20)21/h1-10,15,19H. The van der Waals surface area contributed by atoms with Gasteiger partial charge in [0.1, 0.15) is 6.10 Å². The van der Waals surface area contributed by atoms with E-state index < -0.39 is 11.0 Å². The number of benzene rings is 2. The van der Waals surface area contributed by atoms with Crippen LogP contribution in [0, 0.1) is 10.1 Å². The third kappa shape index (κ3) is 2.59. The van der Waals surface area contributed by atoms with Gasteiger partial charge >= 0.3 is 0 Å². The lowest BCUT2D eigenvalue weighted by Gasteiger charge is -2.17. The number of non-ortho nitro benzene ring substituents is 1. The molecule has 0 spiro atoms. The van der Waals surface area contributed by atoms with Crippen LogP contribution in [-0.2, 0) is 0 Å². The smallest absolute Gasteiger partial charge is 0.269 e. The van der Waals surface area contributed by atoms with Crippen molar-refractivity contribution in [3.63, 3.8) is 0 Å². The number of rotatable bonds is 2. The lowest BCUT2D eigenvalue weighted by molar-refractivity contribution is -0.384. The molecule has 0 aliphatic heterocycles. The summed E-state index contributed by atoms with van der Waals surface area (Å²) in [7, 11) is 0. The molecular formula is C16H12N2O3. The molecule has 1 unspecified atom stereocenters. The van der Waals surface area contributed by atoms with Crippen molar-refractivity contribution in [1.29, 1.82) is 0 Å². The van der Waals surface area contributed by atoms with Crippen molar-refractivity contribution in [2.24, 2.45) is 4.99 Å². The zero-order valence-electron chi connectivity index (χ0n) is 11.0. The van der Waals surface area contributed by atoms with Crippen molar-refractivity contribution in [2.45, 2.75) is 6.10 Å². The molecule has 1 aliphatic carbocycles. The predicted octanol–water partition coefficient (Wildman–Crippen LogP) is 3.10. The first-order chi connectivity index (χ1) is 10.1. The minimum atomic E-state index is -0.782. The van der Waals surface area contributed by atoms with Crippen LogP contribution in [0.1, 0.15) is 11.1 Å². The topological polar surface area (TPSA) is 75.7 Å². The van der Waals surface area contributed by atoms with Gasteiger partial charge in [-0.3, -0.25) is 10.1 Å². The Balaban J connectivity index is 2.02. The van der Waals surface area contributed by atoms with Crippen LogP contribution in [0.4, 0.5) is 11.4 Å². The maximum atomic E-state index is 10.6. The van der Waals surface area contributed by atoms with Crippen molar-refractivity contribution < 1.29 is 10.0 Å². The molecule has 0 saturated carbocycles. The minimum absolute atomic E-state index is 0.0171. The Bertz CT molecular complexity index is 748. The Kier molecular flexibility index (Phi) is 3.33. The van der Waals surface area contributed by atoms with Crippen molar-refractivity contribution in [2.75, 3.05) is 0 Å². The molecule has 0 fully saturated rings. The van der Waals surface area contributed by atoms with Gasteiger partial charge in [-0.15, -0.1) is 0 Å². The van der Waals surface area contributed by atoms with Gasteiger partial charge in [0.2, 0.25) is 0 Å². The predicted molar refractivity (Wildman–Crippen MR) is 80.8 cm³/mol. The second kappa shape index (κ2) is 5.30. The van der Waals surface area contributed by atoms with E-state index in [0.29, 0.717) is 11.4 Å². The first-order valence-electron chi connectivity index (χ1n) is 6.44. The van der Waals surface area contributed by atoms with Gasteiger partial charge in [-0.2, -0.15) is 0 Å². The number of aliphatic hydroxyl groups excluding tert-OH is 1. The van der Waals surface area contributed by atoms with Gasteiger partial charge in [0, 0.05) is 17.7 Å². The van der Waals surface area contributed by atoms with E-state index in [2.05, 4.69) is 4.99 Å². The Labute approximate surface area is 121 Å². The first kappa shape index (κ1) is 13.2. The molecule has 5 heteroatoms. The highest BCUT2D eigenvalue weighted by molar-refractivity contribution is 6.10. The summed E-state index contributed by atoms with van der Waals surface area (Å²) in [5.74, 6) is 0. The highest BCUT2D eigenvalue weighted by atomic mass is 16.6. The first-order valence-corrected chi connectivity index (χ1v) is 6.44. The third-order valence-electron chi connectivity index (χ3n) is 3.29. The summed E-state index contributed by atoms with van der Waals surface area (Å²) >= 11 is 0. The summed E-state index contributed by atoms with van der Waals surface area (Å²) in [5.41, 5.74) is 2.99. The zero-order valence-corrected chi connectivity index (χ0v) is 11.0. The van der Waals surface area contributed by atoms with E-state index in [1.54, 1.807) is 18.2 Å². The van der Waals surface area contributed by atoms with Crippen molar-refractivity contribution in [3.05, 3.63) is 75.8 Å². The summed E-state index contributed by atoms with van der Waals surface area (Å²) in [6, 6.07) is 13.6. The largest absolute Gasteiger partial charge is 0.383 e. The molecule has 0 amide bonds. The van der Waals surface area contributed by atoms with Crippen LogP contribution < -0.4 is 0 Å². The molecule has 1 N–H and O–H groups in total. The zero-order chi connectivity index (χ0) is 14.8. The second-order valence-corrected chi connectivity index (χ2v) is 4.66.